The summed E-state index contributed by atoms with van der Waals surface area (Å²) in [6.45, 7) is 4.25. The van der Waals surface area contributed by atoms with Gasteiger partial charge in [0.2, 0.25) is 0 Å². The summed E-state index contributed by atoms with van der Waals surface area (Å²) in [5.41, 5.74) is 2.48. The van der Waals surface area contributed by atoms with Gasteiger partial charge in [-0.1, -0.05) is 35.5 Å². The molecular formula is C13H13FS. The summed E-state index contributed by atoms with van der Waals surface area (Å²) in [6, 6.07) is 6.73. The molecular weight excluding hydrogens is 207 g/mol. The van der Waals surface area contributed by atoms with Gasteiger partial charge in [-0.2, -0.15) is 0 Å². The molecule has 1 heterocycles. The van der Waals surface area contributed by atoms with Crippen molar-refractivity contribution in [2.24, 2.45) is 0 Å². The predicted octanol–water partition coefficient (Wildman–Crippen LogP) is 4.60. The van der Waals surface area contributed by atoms with Crippen LogP contribution >= 0.6 is 11.8 Å². The van der Waals surface area contributed by atoms with E-state index in [2.05, 4.69) is 19.9 Å². The Morgan fingerprint density at radius 2 is 1.80 bits per heavy atom. The average molecular weight is 220 g/mol. The molecule has 0 amide bonds. The molecule has 2 rings (SSSR count). The summed E-state index contributed by atoms with van der Waals surface area (Å²) in [6.07, 6.45) is 3.23. The van der Waals surface area contributed by atoms with Gasteiger partial charge in [0, 0.05) is 4.91 Å². The molecule has 0 aliphatic carbocycles. The van der Waals surface area contributed by atoms with Gasteiger partial charge in [-0.05, 0) is 42.9 Å². The monoisotopic (exact) mass is 220 g/mol. The zero-order valence-corrected chi connectivity index (χ0v) is 9.70. The molecule has 0 saturated heterocycles. The molecule has 0 aromatic heterocycles. The number of halogens is 1. The van der Waals surface area contributed by atoms with Gasteiger partial charge in [0.15, 0.2) is 0 Å². The summed E-state index contributed by atoms with van der Waals surface area (Å²) in [5, 5.41) is 0. The van der Waals surface area contributed by atoms with Crippen molar-refractivity contribution in [3.8, 4) is 0 Å². The summed E-state index contributed by atoms with van der Waals surface area (Å²) < 4.78 is 12.8. The van der Waals surface area contributed by atoms with Gasteiger partial charge >= 0.3 is 0 Å². The molecule has 0 unspecified atom stereocenters. The maximum Gasteiger partial charge on any atom is 0.123 e. The second-order valence-corrected chi connectivity index (χ2v) is 4.99. The third-order valence-corrected chi connectivity index (χ3v) is 3.73. The molecule has 0 atom stereocenters. The Morgan fingerprint density at radius 3 is 2.47 bits per heavy atom. The fourth-order valence-corrected chi connectivity index (χ4v) is 2.59. The van der Waals surface area contributed by atoms with Gasteiger partial charge in [-0.3, -0.25) is 0 Å². The zero-order chi connectivity index (χ0) is 10.8. The van der Waals surface area contributed by atoms with Crippen molar-refractivity contribution >= 4 is 16.7 Å². The van der Waals surface area contributed by atoms with Crippen molar-refractivity contribution in [3.05, 3.63) is 52.2 Å². The van der Waals surface area contributed by atoms with E-state index in [9.17, 15) is 4.39 Å². The first-order valence-corrected chi connectivity index (χ1v) is 5.79. The van der Waals surface area contributed by atoms with E-state index in [0.29, 0.717) is 0 Å². The molecule has 1 aliphatic rings. The largest absolute Gasteiger partial charge is 0.207 e. The van der Waals surface area contributed by atoms with Crippen LogP contribution in [0.5, 0.6) is 0 Å². The molecule has 1 aromatic carbocycles. The molecule has 0 nitrogen and oxygen atoms in total. The van der Waals surface area contributed by atoms with Gasteiger partial charge in [0.25, 0.3) is 0 Å². The van der Waals surface area contributed by atoms with Crippen molar-refractivity contribution < 1.29 is 4.39 Å². The lowest BCUT2D eigenvalue weighted by Crippen LogP contribution is -1.91. The maximum atomic E-state index is 12.8. The van der Waals surface area contributed by atoms with Crippen molar-refractivity contribution in [2.75, 3.05) is 0 Å². The standard InChI is InChI=1S/C13H13FS/c1-9-3-4-10(2)15-13(9)11-5-7-12(14)8-6-11/h4-8H,3H2,1-2H3. The Labute approximate surface area is 93.9 Å². The van der Waals surface area contributed by atoms with E-state index < -0.39 is 0 Å². The van der Waals surface area contributed by atoms with Crippen molar-refractivity contribution in [1.82, 2.24) is 0 Å². The molecule has 0 spiro atoms. The van der Waals surface area contributed by atoms with Crippen LogP contribution in [0.3, 0.4) is 0 Å². The van der Waals surface area contributed by atoms with E-state index in [1.165, 1.54) is 27.5 Å². The third-order valence-electron chi connectivity index (χ3n) is 2.45. The molecule has 0 radical (unpaired) electrons. The predicted molar refractivity (Wildman–Crippen MR) is 65.0 cm³/mol. The fraction of sp³-hybridized carbons (Fsp3) is 0.231. The normalized spacial score (nSPS) is 16.6. The summed E-state index contributed by atoms with van der Waals surface area (Å²) >= 11 is 1.77. The van der Waals surface area contributed by atoms with Crippen LogP contribution in [0, 0.1) is 5.82 Å². The highest BCUT2D eigenvalue weighted by Crippen LogP contribution is 2.40. The lowest BCUT2D eigenvalue weighted by atomic mass is 10.1. The molecule has 78 valence electrons. The lowest BCUT2D eigenvalue weighted by Gasteiger charge is -2.16. The maximum absolute atomic E-state index is 12.8. The van der Waals surface area contributed by atoms with Crippen LogP contribution in [-0.4, -0.2) is 0 Å². The Bertz CT molecular complexity index is 426. The molecule has 0 N–H and O–H groups in total. The summed E-state index contributed by atoms with van der Waals surface area (Å²) in [4.78, 5) is 2.59. The van der Waals surface area contributed by atoms with Crippen LogP contribution in [0.25, 0.3) is 4.91 Å². The smallest absolute Gasteiger partial charge is 0.123 e. The second kappa shape index (κ2) is 4.23. The summed E-state index contributed by atoms with van der Waals surface area (Å²) in [7, 11) is 0. The minimum absolute atomic E-state index is 0.176. The van der Waals surface area contributed by atoms with E-state index in [1.54, 1.807) is 11.8 Å². The van der Waals surface area contributed by atoms with Gasteiger partial charge < -0.3 is 0 Å². The van der Waals surface area contributed by atoms with E-state index in [-0.39, 0.29) is 5.82 Å². The first-order chi connectivity index (χ1) is 7.16. The summed E-state index contributed by atoms with van der Waals surface area (Å²) in [5.74, 6) is -0.176. The highest BCUT2D eigenvalue weighted by Gasteiger charge is 2.11. The number of allylic oxidation sites excluding steroid dienone is 3. The van der Waals surface area contributed by atoms with Gasteiger partial charge in [-0.15, -0.1) is 0 Å². The van der Waals surface area contributed by atoms with Gasteiger partial charge in [0.1, 0.15) is 5.82 Å². The number of hydrogen-bond donors (Lipinski definition) is 0. The highest BCUT2D eigenvalue weighted by atomic mass is 32.2. The molecule has 15 heavy (non-hydrogen) atoms. The van der Waals surface area contributed by atoms with Crippen LogP contribution in [0.15, 0.2) is 40.8 Å². The Kier molecular flexibility index (Phi) is 2.96. The van der Waals surface area contributed by atoms with Crippen molar-refractivity contribution in [2.45, 2.75) is 20.3 Å². The van der Waals surface area contributed by atoms with Crippen molar-refractivity contribution in [3.63, 3.8) is 0 Å². The van der Waals surface area contributed by atoms with E-state index in [0.717, 1.165) is 12.0 Å². The van der Waals surface area contributed by atoms with Crippen LogP contribution in [0.2, 0.25) is 0 Å². The number of hydrogen-bond acceptors (Lipinski definition) is 1. The topological polar surface area (TPSA) is 0 Å². The first-order valence-electron chi connectivity index (χ1n) is 4.97. The lowest BCUT2D eigenvalue weighted by molar-refractivity contribution is 0.627. The SMILES string of the molecule is CC1=CCC(C)=C(c2ccc(F)cc2)S1. The molecule has 1 aliphatic heterocycles. The molecule has 0 saturated carbocycles. The Balaban J connectivity index is 2.34. The molecule has 2 heteroatoms. The number of benzene rings is 1. The average Bonchev–Trinajstić information content (AvgIpc) is 2.23. The van der Waals surface area contributed by atoms with Crippen molar-refractivity contribution in [1.29, 1.82) is 0 Å². The Hall–Kier alpha value is -1.02. The van der Waals surface area contributed by atoms with Gasteiger partial charge in [0.05, 0.1) is 0 Å². The molecule has 0 bridgehead atoms. The molecule has 1 aromatic rings. The number of thioether (sulfide) groups is 1. The molecule has 0 fully saturated rings. The minimum Gasteiger partial charge on any atom is -0.207 e. The van der Waals surface area contributed by atoms with Gasteiger partial charge in [-0.25, -0.2) is 4.39 Å². The highest BCUT2D eigenvalue weighted by molar-refractivity contribution is 8.11. The second-order valence-electron chi connectivity index (χ2n) is 3.74. The van der Waals surface area contributed by atoms with Crippen LogP contribution in [0.4, 0.5) is 4.39 Å². The van der Waals surface area contributed by atoms with Crippen LogP contribution in [0.1, 0.15) is 25.8 Å². The van der Waals surface area contributed by atoms with E-state index in [4.69, 9.17) is 0 Å². The van der Waals surface area contributed by atoms with E-state index >= 15 is 0 Å². The van der Waals surface area contributed by atoms with Crippen LogP contribution in [-0.2, 0) is 0 Å². The quantitative estimate of drug-likeness (QED) is 0.666. The third kappa shape index (κ3) is 2.32. The van der Waals surface area contributed by atoms with Crippen LogP contribution < -0.4 is 0 Å². The minimum atomic E-state index is -0.176. The fourth-order valence-electron chi connectivity index (χ4n) is 1.59. The Morgan fingerprint density at radius 1 is 1.13 bits per heavy atom. The van der Waals surface area contributed by atoms with E-state index in [1.807, 2.05) is 12.1 Å². The number of rotatable bonds is 1. The first kappa shape index (κ1) is 10.5. The zero-order valence-electron chi connectivity index (χ0n) is 8.88.